The summed E-state index contributed by atoms with van der Waals surface area (Å²) in [6.07, 6.45) is 3.39. The minimum atomic E-state index is 0.450. The lowest BCUT2D eigenvalue weighted by Crippen LogP contribution is -1.99. The van der Waals surface area contributed by atoms with Gasteiger partial charge in [0.25, 0.3) is 0 Å². The van der Waals surface area contributed by atoms with Gasteiger partial charge in [0.15, 0.2) is 17.1 Å². The molecule has 132 valence electrons. The summed E-state index contributed by atoms with van der Waals surface area (Å²) in [7, 11) is 0. The molecule has 27 heavy (non-hydrogen) atoms. The average molecular weight is 416 g/mol. The van der Waals surface area contributed by atoms with Crippen molar-refractivity contribution in [2.75, 3.05) is 0 Å². The van der Waals surface area contributed by atoms with E-state index >= 15 is 0 Å². The Labute approximate surface area is 167 Å². The second kappa shape index (κ2) is 6.20. The molecule has 0 bridgehead atoms. The van der Waals surface area contributed by atoms with E-state index in [1.807, 2.05) is 34.7 Å². The smallest absolute Gasteiger partial charge is 0.175 e. The van der Waals surface area contributed by atoms with Crippen molar-refractivity contribution in [1.29, 1.82) is 0 Å². The van der Waals surface area contributed by atoms with E-state index in [1.54, 1.807) is 29.3 Å². The van der Waals surface area contributed by atoms with Gasteiger partial charge in [-0.3, -0.25) is 4.40 Å². The van der Waals surface area contributed by atoms with Gasteiger partial charge >= 0.3 is 0 Å². The SMILES string of the molecule is Clc1ccc(-c2nnc3c4cnn(-c5ccc(Cl)c(Cl)c5)c4ncn23)cc1. The van der Waals surface area contributed by atoms with Crippen LogP contribution in [0, 0.1) is 0 Å². The van der Waals surface area contributed by atoms with Crippen LogP contribution in [-0.2, 0) is 0 Å². The number of hydrogen-bond acceptors (Lipinski definition) is 4. The van der Waals surface area contributed by atoms with Gasteiger partial charge in [-0.1, -0.05) is 34.8 Å². The van der Waals surface area contributed by atoms with E-state index in [-0.39, 0.29) is 0 Å². The van der Waals surface area contributed by atoms with Crippen LogP contribution < -0.4 is 0 Å². The summed E-state index contributed by atoms with van der Waals surface area (Å²) in [5, 5.41) is 15.4. The summed E-state index contributed by atoms with van der Waals surface area (Å²) in [4.78, 5) is 4.56. The lowest BCUT2D eigenvalue weighted by atomic mass is 10.2. The first-order valence-corrected chi connectivity index (χ1v) is 9.04. The van der Waals surface area contributed by atoms with Crippen LogP contribution in [0.2, 0.25) is 15.1 Å². The third-order valence-corrected chi connectivity index (χ3v) is 5.22. The molecule has 3 aromatic heterocycles. The highest BCUT2D eigenvalue weighted by Gasteiger charge is 2.15. The molecule has 9 heteroatoms. The summed E-state index contributed by atoms with van der Waals surface area (Å²) in [6.45, 7) is 0. The predicted molar refractivity (Wildman–Crippen MR) is 106 cm³/mol. The molecule has 6 nitrogen and oxygen atoms in total. The third-order valence-electron chi connectivity index (χ3n) is 4.23. The zero-order chi connectivity index (χ0) is 18.5. The molecule has 0 N–H and O–H groups in total. The summed E-state index contributed by atoms with van der Waals surface area (Å²) in [5.74, 6) is 0.679. The van der Waals surface area contributed by atoms with Crippen LogP contribution in [0.25, 0.3) is 33.8 Å². The molecule has 5 aromatic rings. The lowest BCUT2D eigenvalue weighted by molar-refractivity contribution is 0.893. The molecule has 0 aliphatic carbocycles. The topological polar surface area (TPSA) is 60.9 Å². The van der Waals surface area contributed by atoms with E-state index in [1.165, 1.54) is 0 Å². The van der Waals surface area contributed by atoms with Crippen LogP contribution in [0.15, 0.2) is 55.0 Å². The van der Waals surface area contributed by atoms with Crippen molar-refractivity contribution in [3.63, 3.8) is 0 Å². The molecule has 0 aliphatic heterocycles. The van der Waals surface area contributed by atoms with Crippen molar-refractivity contribution in [2.45, 2.75) is 0 Å². The van der Waals surface area contributed by atoms with E-state index < -0.39 is 0 Å². The van der Waals surface area contributed by atoms with E-state index in [4.69, 9.17) is 34.8 Å². The fraction of sp³-hybridized carbons (Fsp3) is 0. The van der Waals surface area contributed by atoms with E-state index in [9.17, 15) is 0 Å². The molecule has 3 heterocycles. The molecular weight excluding hydrogens is 407 g/mol. The minimum Gasteiger partial charge on any atom is -0.265 e. The number of benzene rings is 2. The Balaban J connectivity index is 1.70. The maximum Gasteiger partial charge on any atom is 0.175 e. The Kier molecular flexibility index (Phi) is 3.79. The standard InChI is InChI=1S/C18H9Cl3N6/c19-11-3-1-10(2-4-11)16-24-25-18-13-8-23-27(17(13)22-9-26(16)18)12-5-6-14(20)15(21)7-12/h1-9H. The normalized spacial score (nSPS) is 11.5. The third kappa shape index (κ3) is 2.65. The molecule has 0 radical (unpaired) electrons. The molecule has 0 saturated carbocycles. The molecule has 0 atom stereocenters. The first-order chi connectivity index (χ1) is 13.1. The van der Waals surface area contributed by atoms with Crippen molar-refractivity contribution in [2.24, 2.45) is 0 Å². The summed E-state index contributed by atoms with van der Waals surface area (Å²) in [6, 6.07) is 12.7. The number of rotatable bonds is 2. The second-order valence-corrected chi connectivity index (χ2v) is 7.11. The van der Waals surface area contributed by atoms with Gasteiger partial charge in [-0.05, 0) is 42.5 Å². The van der Waals surface area contributed by atoms with E-state index in [2.05, 4.69) is 20.3 Å². The van der Waals surface area contributed by atoms with Gasteiger partial charge in [0.05, 0.1) is 27.3 Å². The highest BCUT2D eigenvalue weighted by atomic mass is 35.5. The molecule has 0 spiro atoms. The molecule has 0 amide bonds. The van der Waals surface area contributed by atoms with Crippen molar-refractivity contribution >= 4 is 51.5 Å². The van der Waals surface area contributed by atoms with Gasteiger partial charge in [0.2, 0.25) is 0 Å². The zero-order valence-electron chi connectivity index (χ0n) is 13.5. The largest absolute Gasteiger partial charge is 0.265 e. The molecule has 0 unspecified atom stereocenters. The monoisotopic (exact) mass is 414 g/mol. The van der Waals surface area contributed by atoms with Gasteiger partial charge in [-0.15, -0.1) is 10.2 Å². The number of fused-ring (bicyclic) bond motifs is 3. The van der Waals surface area contributed by atoms with Crippen LogP contribution in [-0.4, -0.2) is 29.4 Å². The van der Waals surface area contributed by atoms with Crippen molar-refractivity contribution < 1.29 is 0 Å². The summed E-state index contributed by atoms with van der Waals surface area (Å²) >= 11 is 18.1. The second-order valence-electron chi connectivity index (χ2n) is 5.86. The fourth-order valence-corrected chi connectivity index (χ4v) is 3.34. The Morgan fingerprint density at radius 3 is 2.41 bits per heavy atom. The van der Waals surface area contributed by atoms with E-state index in [0.29, 0.717) is 32.2 Å². The number of aromatic nitrogens is 6. The summed E-state index contributed by atoms with van der Waals surface area (Å²) < 4.78 is 3.51. The Bertz CT molecular complexity index is 1310. The van der Waals surface area contributed by atoms with Crippen LogP contribution in [0.1, 0.15) is 0 Å². The molecule has 2 aromatic carbocycles. The van der Waals surface area contributed by atoms with Crippen molar-refractivity contribution in [1.82, 2.24) is 29.4 Å². The van der Waals surface area contributed by atoms with Gasteiger partial charge < -0.3 is 0 Å². The van der Waals surface area contributed by atoms with Crippen molar-refractivity contribution in [3.05, 3.63) is 70.1 Å². The Hall–Kier alpha value is -2.67. The lowest BCUT2D eigenvalue weighted by Gasteiger charge is -2.05. The van der Waals surface area contributed by atoms with E-state index in [0.717, 1.165) is 16.6 Å². The van der Waals surface area contributed by atoms with Gasteiger partial charge in [0, 0.05) is 10.6 Å². The molecule has 5 rings (SSSR count). The number of nitrogens with zero attached hydrogens (tertiary/aromatic N) is 6. The molecular formula is C18H9Cl3N6. The highest BCUT2D eigenvalue weighted by molar-refractivity contribution is 6.42. The van der Waals surface area contributed by atoms with Crippen LogP contribution in [0.5, 0.6) is 0 Å². The van der Waals surface area contributed by atoms with Crippen LogP contribution in [0.4, 0.5) is 0 Å². The molecule has 0 aliphatic rings. The maximum atomic E-state index is 6.13. The maximum absolute atomic E-state index is 6.13. The Morgan fingerprint density at radius 1 is 0.815 bits per heavy atom. The molecule has 0 fully saturated rings. The first-order valence-electron chi connectivity index (χ1n) is 7.90. The predicted octanol–water partition coefficient (Wildman–Crippen LogP) is 5.09. The van der Waals surface area contributed by atoms with Gasteiger partial charge in [0.1, 0.15) is 6.33 Å². The summed E-state index contributed by atoms with van der Waals surface area (Å²) in [5.41, 5.74) is 2.96. The quantitative estimate of drug-likeness (QED) is 0.403. The van der Waals surface area contributed by atoms with Gasteiger partial charge in [-0.2, -0.15) is 5.10 Å². The fourth-order valence-electron chi connectivity index (χ4n) is 2.92. The van der Waals surface area contributed by atoms with Gasteiger partial charge in [-0.25, -0.2) is 9.67 Å². The molecule has 0 saturated heterocycles. The number of halogens is 3. The number of hydrogen-bond donors (Lipinski definition) is 0. The first kappa shape index (κ1) is 16.5. The minimum absolute atomic E-state index is 0.450. The highest BCUT2D eigenvalue weighted by Crippen LogP contribution is 2.28. The van der Waals surface area contributed by atoms with Crippen LogP contribution >= 0.6 is 34.8 Å². The Morgan fingerprint density at radius 2 is 1.63 bits per heavy atom. The van der Waals surface area contributed by atoms with Crippen molar-refractivity contribution in [3.8, 4) is 17.1 Å². The zero-order valence-corrected chi connectivity index (χ0v) is 15.8. The average Bonchev–Trinajstić information content (AvgIpc) is 3.28. The van der Waals surface area contributed by atoms with Crippen LogP contribution in [0.3, 0.4) is 0 Å².